The third kappa shape index (κ3) is 23.5. The van der Waals surface area contributed by atoms with Crippen LogP contribution in [0.5, 0.6) is 0 Å². The number of rotatable bonds is 30. The van der Waals surface area contributed by atoms with E-state index in [1.165, 1.54) is 128 Å². The smallest absolute Gasteiger partial charge is 0.225 e. The van der Waals surface area contributed by atoms with Gasteiger partial charge in [0.25, 0.3) is 0 Å². The maximum absolute atomic E-state index is 12.7. The number of hydrogen-bond acceptors (Lipinski definition) is 4. The van der Waals surface area contributed by atoms with Crippen molar-refractivity contribution in [3.8, 4) is 0 Å². The molecule has 1 aromatic rings. The van der Waals surface area contributed by atoms with Gasteiger partial charge in [0.2, 0.25) is 11.8 Å². The molecule has 254 valence electrons. The summed E-state index contributed by atoms with van der Waals surface area (Å²) in [4.78, 5) is 29.9. The van der Waals surface area contributed by atoms with Crippen molar-refractivity contribution in [3.05, 3.63) is 24.3 Å². The molecule has 0 aliphatic carbocycles. The topological polar surface area (TPSA) is 64.7 Å². The Labute approximate surface area is 272 Å². The molecule has 0 aliphatic heterocycles. The fourth-order valence-electron chi connectivity index (χ4n) is 5.67. The average Bonchev–Trinajstić information content (AvgIpc) is 3.01. The Bertz CT molecular complexity index is 764. The van der Waals surface area contributed by atoms with E-state index in [4.69, 9.17) is 0 Å². The van der Waals surface area contributed by atoms with Crippen molar-refractivity contribution in [1.82, 2.24) is 9.80 Å². The monoisotopic (exact) mass is 615 g/mol. The molecular formula is C38H70N4O2. The summed E-state index contributed by atoms with van der Waals surface area (Å²) in [5.74, 6) is -0.0318. The van der Waals surface area contributed by atoms with Gasteiger partial charge in [-0.2, -0.15) is 0 Å². The van der Waals surface area contributed by atoms with Gasteiger partial charge in [-0.25, -0.2) is 0 Å². The summed E-state index contributed by atoms with van der Waals surface area (Å²) in [6.45, 7) is 8.08. The zero-order valence-electron chi connectivity index (χ0n) is 29.4. The molecule has 0 radical (unpaired) electrons. The van der Waals surface area contributed by atoms with Gasteiger partial charge in [-0.3, -0.25) is 9.59 Å². The van der Waals surface area contributed by atoms with Gasteiger partial charge in [-0.05, 0) is 52.2 Å². The molecular weight excluding hydrogens is 544 g/mol. The molecule has 0 saturated heterocycles. The van der Waals surface area contributed by atoms with Crippen molar-refractivity contribution in [2.75, 3.05) is 50.9 Å². The van der Waals surface area contributed by atoms with Gasteiger partial charge in [0.15, 0.2) is 0 Å². The SMILES string of the molecule is CCCCCCCCCCCCN(C)CCC(=O)Nc1ccccc1NC(=O)CCN(C)CCCCCCCCCCCC. The van der Waals surface area contributed by atoms with Crippen LogP contribution in [0.2, 0.25) is 0 Å². The second-order valence-corrected chi connectivity index (χ2v) is 13.1. The minimum atomic E-state index is -0.0159. The number of unbranched alkanes of at least 4 members (excludes halogenated alkanes) is 18. The molecule has 0 bridgehead atoms. The average molecular weight is 615 g/mol. The fourth-order valence-corrected chi connectivity index (χ4v) is 5.67. The zero-order chi connectivity index (χ0) is 32.1. The summed E-state index contributed by atoms with van der Waals surface area (Å²) in [6, 6.07) is 7.50. The molecule has 0 aliphatic rings. The van der Waals surface area contributed by atoms with Crippen molar-refractivity contribution in [2.24, 2.45) is 0 Å². The molecule has 2 amide bonds. The van der Waals surface area contributed by atoms with Crippen molar-refractivity contribution in [3.63, 3.8) is 0 Å². The summed E-state index contributed by atoms with van der Waals surface area (Å²) in [6.07, 6.45) is 27.7. The lowest BCUT2D eigenvalue weighted by molar-refractivity contribution is -0.117. The Kier molecular flexibility index (Phi) is 26.0. The number of hydrogen-bond donors (Lipinski definition) is 2. The Hall–Kier alpha value is -1.92. The van der Waals surface area contributed by atoms with Gasteiger partial charge in [0.05, 0.1) is 11.4 Å². The van der Waals surface area contributed by atoms with Crippen LogP contribution in [0.25, 0.3) is 0 Å². The van der Waals surface area contributed by atoms with E-state index in [1.54, 1.807) is 0 Å². The van der Waals surface area contributed by atoms with Crippen LogP contribution in [0.15, 0.2) is 24.3 Å². The molecule has 0 heterocycles. The van der Waals surface area contributed by atoms with Crippen molar-refractivity contribution in [1.29, 1.82) is 0 Å². The first-order valence-electron chi connectivity index (χ1n) is 18.5. The Balaban J connectivity index is 2.17. The van der Waals surface area contributed by atoms with E-state index < -0.39 is 0 Å². The summed E-state index contributed by atoms with van der Waals surface area (Å²) in [5, 5.41) is 6.03. The highest BCUT2D eigenvalue weighted by Gasteiger charge is 2.11. The Morgan fingerprint density at radius 1 is 0.477 bits per heavy atom. The van der Waals surface area contributed by atoms with Crippen LogP contribution in [0.4, 0.5) is 11.4 Å². The molecule has 6 nitrogen and oxygen atoms in total. The normalized spacial score (nSPS) is 11.4. The molecule has 2 N–H and O–H groups in total. The highest BCUT2D eigenvalue weighted by Crippen LogP contribution is 2.21. The van der Waals surface area contributed by atoms with E-state index in [0.717, 1.165) is 26.2 Å². The zero-order valence-corrected chi connectivity index (χ0v) is 29.4. The van der Waals surface area contributed by atoms with Crippen LogP contribution in [0.1, 0.15) is 155 Å². The molecule has 1 rings (SSSR count). The Morgan fingerprint density at radius 2 is 0.773 bits per heavy atom. The number of anilines is 2. The van der Waals surface area contributed by atoms with E-state index in [-0.39, 0.29) is 11.8 Å². The molecule has 0 unspecified atom stereocenters. The molecule has 1 aromatic carbocycles. The van der Waals surface area contributed by atoms with Crippen LogP contribution in [-0.4, -0.2) is 61.9 Å². The van der Waals surface area contributed by atoms with Gasteiger partial charge in [-0.1, -0.05) is 142 Å². The first kappa shape index (κ1) is 40.1. The number of nitrogens with zero attached hydrogens (tertiary/aromatic N) is 2. The number of para-hydroxylation sites is 2. The van der Waals surface area contributed by atoms with Crippen LogP contribution in [0.3, 0.4) is 0 Å². The maximum Gasteiger partial charge on any atom is 0.225 e. The molecule has 0 aromatic heterocycles. The summed E-state index contributed by atoms with van der Waals surface area (Å²) < 4.78 is 0. The van der Waals surface area contributed by atoms with Crippen LogP contribution >= 0.6 is 0 Å². The van der Waals surface area contributed by atoms with Crippen LogP contribution < -0.4 is 10.6 Å². The van der Waals surface area contributed by atoms with Gasteiger partial charge >= 0.3 is 0 Å². The van der Waals surface area contributed by atoms with Gasteiger partial charge in [0.1, 0.15) is 0 Å². The van der Waals surface area contributed by atoms with E-state index in [0.29, 0.717) is 24.2 Å². The van der Waals surface area contributed by atoms with Crippen LogP contribution in [-0.2, 0) is 9.59 Å². The fraction of sp³-hybridized carbons (Fsp3) is 0.789. The molecule has 0 saturated carbocycles. The first-order chi connectivity index (χ1) is 21.5. The Morgan fingerprint density at radius 3 is 1.09 bits per heavy atom. The predicted molar refractivity (Wildman–Crippen MR) is 192 cm³/mol. The summed E-state index contributed by atoms with van der Waals surface area (Å²) in [5.41, 5.74) is 1.34. The summed E-state index contributed by atoms with van der Waals surface area (Å²) >= 11 is 0. The molecule has 0 atom stereocenters. The van der Waals surface area contributed by atoms with Gasteiger partial charge < -0.3 is 20.4 Å². The lowest BCUT2D eigenvalue weighted by atomic mass is 10.1. The second-order valence-electron chi connectivity index (χ2n) is 13.1. The molecule has 6 heteroatoms. The summed E-state index contributed by atoms with van der Waals surface area (Å²) in [7, 11) is 4.20. The number of amides is 2. The quantitative estimate of drug-likeness (QED) is 0.0847. The number of benzene rings is 1. The predicted octanol–water partition coefficient (Wildman–Crippen LogP) is 10.0. The van der Waals surface area contributed by atoms with E-state index >= 15 is 0 Å². The van der Waals surface area contributed by atoms with E-state index in [9.17, 15) is 9.59 Å². The standard InChI is InChI=1S/C38H70N4O2/c1-5-7-9-11-13-15-17-19-21-25-31-41(3)33-29-37(43)39-35-27-23-24-28-36(35)40-38(44)30-34-42(4)32-26-22-20-18-16-14-12-10-8-6-2/h23-24,27-28H,5-22,25-26,29-34H2,1-4H3,(H,39,43)(H,40,44). The third-order valence-corrected chi connectivity index (χ3v) is 8.70. The lowest BCUT2D eigenvalue weighted by Crippen LogP contribution is -2.26. The maximum atomic E-state index is 12.7. The van der Waals surface area contributed by atoms with E-state index in [2.05, 4.69) is 48.4 Å². The largest absolute Gasteiger partial charge is 0.324 e. The van der Waals surface area contributed by atoms with Crippen LogP contribution in [0, 0.1) is 0 Å². The third-order valence-electron chi connectivity index (χ3n) is 8.70. The first-order valence-corrected chi connectivity index (χ1v) is 18.5. The molecule has 0 spiro atoms. The van der Waals surface area contributed by atoms with Gasteiger partial charge in [-0.15, -0.1) is 0 Å². The highest BCUT2D eigenvalue weighted by atomic mass is 16.2. The van der Waals surface area contributed by atoms with Gasteiger partial charge in [0, 0.05) is 25.9 Å². The highest BCUT2D eigenvalue weighted by molar-refractivity contribution is 5.99. The molecule has 0 fully saturated rings. The van der Waals surface area contributed by atoms with Crippen molar-refractivity contribution >= 4 is 23.2 Å². The van der Waals surface area contributed by atoms with Crippen molar-refractivity contribution < 1.29 is 9.59 Å². The number of carbonyl (C=O) groups excluding carboxylic acids is 2. The minimum Gasteiger partial charge on any atom is -0.324 e. The molecule has 44 heavy (non-hydrogen) atoms. The lowest BCUT2D eigenvalue weighted by Gasteiger charge is -2.18. The minimum absolute atomic E-state index is 0.0159. The van der Waals surface area contributed by atoms with E-state index in [1.807, 2.05) is 24.3 Å². The van der Waals surface area contributed by atoms with Crippen molar-refractivity contribution in [2.45, 2.75) is 155 Å². The second kappa shape index (κ2) is 28.5. The number of nitrogens with one attached hydrogen (secondary N) is 2. The number of carbonyl (C=O) groups is 2.